The molecule has 0 radical (unpaired) electrons. The Morgan fingerprint density at radius 2 is 2.00 bits per heavy atom. The van der Waals surface area contributed by atoms with Gasteiger partial charge in [0.05, 0.1) is 18.9 Å². The highest BCUT2D eigenvalue weighted by Gasteiger charge is 2.31. The smallest absolute Gasteiger partial charge is 0.242 e. The maximum Gasteiger partial charge on any atom is 0.242 e. The number of nitrogens with zero attached hydrogens (tertiary/aromatic N) is 3. The molecule has 1 saturated carbocycles. The number of hydrogen-bond acceptors (Lipinski definition) is 8. The van der Waals surface area contributed by atoms with E-state index in [9.17, 15) is 17.9 Å². The molecular formula is C17H21ClFN5O3S2. The zero-order valence-corrected chi connectivity index (χ0v) is 18.2. The third-order valence-corrected chi connectivity index (χ3v) is 6.07. The van der Waals surface area contributed by atoms with Gasteiger partial charge < -0.3 is 10.4 Å². The van der Waals surface area contributed by atoms with Crippen LogP contribution in [0.25, 0.3) is 0 Å². The van der Waals surface area contributed by atoms with Crippen molar-refractivity contribution in [2.75, 3.05) is 22.9 Å². The Balaban J connectivity index is 1.87. The van der Waals surface area contributed by atoms with E-state index in [0.717, 1.165) is 30.9 Å². The lowest BCUT2D eigenvalue weighted by molar-refractivity contribution is 0.263. The van der Waals surface area contributed by atoms with E-state index in [1.165, 1.54) is 6.07 Å². The molecular weight excluding hydrogens is 441 g/mol. The molecule has 1 aliphatic carbocycles. The monoisotopic (exact) mass is 461 g/mol. The fraction of sp³-hybridized carbons (Fsp3) is 0.471. The van der Waals surface area contributed by atoms with Gasteiger partial charge in [0.15, 0.2) is 5.16 Å². The Morgan fingerprint density at radius 3 is 2.59 bits per heavy atom. The summed E-state index contributed by atoms with van der Waals surface area (Å²) in [4.78, 5) is 12.5. The minimum Gasteiger partial charge on any atom is -0.394 e. The fourth-order valence-electron chi connectivity index (χ4n) is 2.71. The summed E-state index contributed by atoms with van der Waals surface area (Å²) in [6.07, 6.45) is 2.97. The molecule has 0 saturated heterocycles. The Morgan fingerprint density at radius 1 is 1.31 bits per heavy atom. The highest BCUT2D eigenvalue weighted by atomic mass is 35.5. The molecule has 0 spiro atoms. The Hall–Kier alpha value is -1.69. The molecule has 0 aliphatic heterocycles. The van der Waals surface area contributed by atoms with Crippen molar-refractivity contribution in [2.24, 2.45) is 5.92 Å². The topological polar surface area (TPSA) is 117 Å². The molecule has 1 aliphatic rings. The molecule has 12 heteroatoms. The highest BCUT2D eigenvalue weighted by Crippen LogP contribution is 2.36. The molecule has 1 aromatic carbocycles. The quantitative estimate of drug-likeness (QED) is 0.488. The third-order valence-electron chi connectivity index (χ3n) is 4.28. The van der Waals surface area contributed by atoms with Crippen molar-refractivity contribution in [3.05, 3.63) is 34.6 Å². The van der Waals surface area contributed by atoms with Crippen molar-refractivity contribution >= 4 is 45.3 Å². The van der Waals surface area contributed by atoms with Gasteiger partial charge in [0, 0.05) is 15.8 Å². The van der Waals surface area contributed by atoms with Crippen LogP contribution >= 0.6 is 23.4 Å². The van der Waals surface area contributed by atoms with Gasteiger partial charge in [-0.3, -0.25) is 4.72 Å². The first-order chi connectivity index (χ1) is 13.6. The first kappa shape index (κ1) is 22.0. The number of aliphatic hydroxyl groups is 1. The number of halogens is 2. The predicted octanol–water partition coefficient (Wildman–Crippen LogP) is 3.07. The number of aromatic nitrogens is 3. The van der Waals surface area contributed by atoms with Gasteiger partial charge >= 0.3 is 0 Å². The summed E-state index contributed by atoms with van der Waals surface area (Å²) in [6, 6.07) is 4.18. The number of benzene rings is 1. The van der Waals surface area contributed by atoms with Crippen LogP contribution in [0.1, 0.15) is 30.6 Å². The lowest BCUT2D eigenvalue weighted by Crippen LogP contribution is -2.27. The molecule has 2 atom stereocenters. The third kappa shape index (κ3) is 6.39. The lowest BCUT2D eigenvalue weighted by atomic mass is 10.1. The molecule has 1 fully saturated rings. The first-order valence-electron chi connectivity index (χ1n) is 8.87. The van der Waals surface area contributed by atoms with Crippen LogP contribution in [0.5, 0.6) is 0 Å². The average molecular weight is 462 g/mol. The van der Waals surface area contributed by atoms with E-state index in [4.69, 9.17) is 11.6 Å². The second kappa shape index (κ2) is 8.99. The molecule has 2 aromatic rings. The molecule has 1 heterocycles. The summed E-state index contributed by atoms with van der Waals surface area (Å²) in [6.45, 7) is 1.68. The van der Waals surface area contributed by atoms with Crippen molar-refractivity contribution in [3.8, 4) is 0 Å². The van der Waals surface area contributed by atoms with Crippen molar-refractivity contribution < 1.29 is 17.9 Å². The first-order valence-corrected chi connectivity index (χ1v) is 12.0. The molecule has 3 N–H and O–H groups in total. The van der Waals surface area contributed by atoms with E-state index in [1.54, 1.807) is 19.1 Å². The largest absolute Gasteiger partial charge is 0.394 e. The normalized spacial score (nSPS) is 16.3. The van der Waals surface area contributed by atoms with Gasteiger partial charge in [-0.2, -0.15) is 15.0 Å². The summed E-state index contributed by atoms with van der Waals surface area (Å²) in [7, 11) is -3.60. The predicted molar refractivity (Wildman–Crippen MR) is 111 cm³/mol. The van der Waals surface area contributed by atoms with E-state index < -0.39 is 15.8 Å². The van der Waals surface area contributed by atoms with Gasteiger partial charge in [-0.25, -0.2) is 12.8 Å². The van der Waals surface area contributed by atoms with Gasteiger partial charge in [0.1, 0.15) is 5.82 Å². The molecule has 1 aromatic heterocycles. The number of thioether (sulfide) groups is 1. The number of aliphatic hydroxyl groups excluding tert-OH is 1. The molecule has 1 unspecified atom stereocenters. The Labute approximate surface area is 177 Å². The van der Waals surface area contributed by atoms with Crippen molar-refractivity contribution in [2.45, 2.75) is 36.2 Å². The lowest BCUT2D eigenvalue weighted by Gasteiger charge is -2.17. The van der Waals surface area contributed by atoms with Crippen LogP contribution in [0.15, 0.2) is 23.4 Å². The maximum absolute atomic E-state index is 14.2. The zero-order valence-electron chi connectivity index (χ0n) is 15.8. The summed E-state index contributed by atoms with van der Waals surface area (Å²) in [5.41, 5.74) is 0.415. The van der Waals surface area contributed by atoms with Crippen molar-refractivity contribution in [3.63, 3.8) is 0 Å². The van der Waals surface area contributed by atoms with Gasteiger partial charge in [-0.15, -0.1) is 0 Å². The summed E-state index contributed by atoms with van der Waals surface area (Å²) in [5, 5.41) is 12.7. The van der Waals surface area contributed by atoms with Crippen LogP contribution < -0.4 is 10.0 Å². The molecule has 3 rings (SSSR count). The number of nitrogens with one attached hydrogen (secondary N) is 2. The highest BCUT2D eigenvalue weighted by molar-refractivity contribution is 7.99. The summed E-state index contributed by atoms with van der Waals surface area (Å²) >= 11 is 6.95. The molecule has 29 heavy (non-hydrogen) atoms. The average Bonchev–Trinajstić information content (AvgIpc) is 3.42. The standard InChI is InChI=1S/C17H21ClFN5O3S2/c1-9(12-6-5-11(18)7-13(12)19)28-17-22-15(20-14(8-25)10-3-4-10)21-16(23-17)24-29(2,26)27/h5-7,9-10,14,25H,3-4,8H2,1-2H3,(H2,20,21,22,23,24)/t9?,14-/m0/s1. The molecule has 8 nitrogen and oxygen atoms in total. The van der Waals surface area contributed by atoms with Crippen molar-refractivity contribution in [1.29, 1.82) is 0 Å². The van der Waals surface area contributed by atoms with Crippen LogP contribution in [-0.4, -0.2) is 47.4 Å². The molecule has 0 bridgehead atoms. The fourth-order valence-corrected chi connectivity index (χ4v) is 4.21. The van der Waals surface area contributed by atoms with Crippen LogP contribution in [0, 0.1) is 11.7 Å². The zero-order chi connectivity index (χ0) is 21.2. The van der Waals surface area contributed by atoms with E-state index >= 15 is 0 Å². The van der Waals surface area contributed by atoms with Gasteiger partial charge in [0.25, 0.3) is 0 Å². The van der Waals surface area contributed by atoms with Crippen LogP contribution in [0.3, 0.4) is 0 Å². The second-order valence-corrected chi connectivity index (χ2v) is 10.3. The van der Waals surface area contributed by atoms with Crippen molar-refractivity contribution in [1.82, 2.24) is 15.0 Å². The number of rotatable bonds is 9. The van der Waals surface area contributed by atoms with Crippen LogP contribution in [-0.2, 0) is 10.0 Å². The Kier molecular flexibility index (Phi) is 6.82. The second-order valence-electron chi connectivity index (χ2n) is 6.84. The maximum atomic E-state index is 14.2. The van der Waals surface area contributed by atoms with E-state index in [-0.39, 0.29) is 35.0 Å². The van der Waals surface area contributed by atoms with E-state index in [1.807, 2.05) is 0 Å². The Bertz CT molecular complexity index is 991. The summed E-state index contributed by atoms with van der Waals surface area (Å²) in [5.74, 6) is -0.137. The van der Waals surface area contributed by atoms with Gasteiger partial charge in [-0.05, 0) is 37.8 Å². The van der Waals surface area contributed by atoms with Gasteiger partial charge in [-0.1, -0.05) is 29.4 Å². The summed E-state index contributed by atoms with van der Waals surface area (Å²) < 4.78 is 39.6. The number of sulfonamides is 1. The van der Waals surface area contributed by atoms with Crippen LogP contribution in [0.4, 0.5) is 16.3 Å². The van der Waals surface area contributed by atoms with Crippen LogP contribution in [0.2, 0.25) is 5.02 Å². The SMILES string of the molecule is CC(Sc1nc(N[C@@H](CO)C2CC2)nc(NS(C)(=O)=O)n1)c1ccc(Cl)cc1F. The minimum atomic E-state index is -3.60. The number of hydrogen-bond donors (Lipinski definition) is 3. The molecule has 158 valence electrons. The van der Waals surface area contributed by atoms with Gasteiger partial charge in [0.2, 0.25) is 21.9 Å². The van der Waals surface area contributed by atoms with E-state index in [0.29, 0.717) is 16.5 Å². The molecule has 0 amide bonds. The van der Waals surface area contributed by atoms with E-state index in [2.05, 4.69) is 25.0 Å². The minimum absolute atomic E-state index is 0.0972. The number of anilines is 2.